The molecule has 0 N–H and O–H groups in total. The second-order valence-electron chi connectivity index (χ2n) is 7.11. The van der Waals surface area contributed by atoms with Gasteiger partial charge in [-0.25, -0.2) is 23.9 Å². The first-order chi connectivity index (χ1) is 12.3. The fourth-order valence-electron chi connectivity index (χ4n) is 3.45. The van der Waals surface area contributed by atoms with Crippen molar-refractivity contribution in [1.82, 2.24) is 9.80 Å². The summed E-state index contributed by atoms with van der Waals surface area (Å²) in [7, 11) is 3.58. The highest BCUT2D eigenvalue weighted by molar-refractivity contribution is 14.1. The Morgan fingerprint density at radius 1 is 1.35 bits per heavy atom. The zero-order chi connectivity index (χ0) is 19.1. The number of allylic oxidation sites excluding steroid dienone is 3. The molecular formula is C18H23FIN4O2+. The van der Waals surface area contributed by atoms with Crippen LogP contribution in [0.15, 0.2) is 40.6 Å². The van der Waals surface area contributed by atoms with E-state index in [2.05, 4.69) is 27.6 Å². The number of amides is 3. The van der Waals surface area contributed by atoms with Gasteiger partial charge >= 0.3 is 11.9 Å². The Labute approximate surface area is 166 Å². The van der Waals surface area contributed by atoms with Gasteiger partial charge < -0.3 is 4.90 Å². The van der Waals surface area contributed by atoms with Gasteiger partial charge in [-0.05, 0) is 6.08 Å². The van der Waals surface area contributed by atoms with E-state index in [1.54, 1.807) is 32.0 Å². The predicted molar refractivity (Wildman–Crippen MR) is 106 cm³/mol. The molecule has 6 nitrogen and oxygen atoms in total. The number of halogens is 2. The molecule has 0 saturated carbocycles. The summed E-state index contributed by atoms with van der Waals surface area (Å²) >= 11 is 2.18. The fraction of sp³-hybridized carbons (Fsp3) is 0.500. The molecule has 3 aliphatic rings. The number of quaternary nitrogens is 1. The topological polar surface area (TPSA) is 53.0 Å². The van der Waals surface area contributed by atoms with Gasteiger partial charge in [0.25, 0.3) is 0 Å². The van der Waals surface area contributed by atoms with Crippen molar-refractivity contribution in [2.24, 2.45) is 10.9 Å². The normalized spacial score (nSPS) is 28.5. The third-order valence-electron chi connectivity index (χ3n) is 5.01. The second-order valence-corrected chi connectivity index (χ2v) is 8.55. The summed E-state index contributed by atoms with van der Waals surface area (Å²) < 4.78 is 14.8. The maximum atomic E-state index is 15.0. The first-order valence-electron chi connectivity index (χ1n) is 8.68. The van der Waals surface area contributed by atoms with E-state index in [0.717, 1.165) is 12.8 Å². The Kier molecular flexibility index (Phi) is 5.34. The number of urea groups is 1. The molecule has 0 aromatic rings. The molecule has 2 unspecified atom stereocenters. The number of carbonyl (C=O) groups excluding carboxylic acids is 2. The van der Waals surface area contributed by atoms with Crippen LogP contribution in [0, 0.1) is 5.92 Å². The van der Waals surface area contributed by atoms with Crippen molar-refractivity contribution < 1.29 is 18.5 Å². The first-order valence-corrected chi connectivity index (χ1v) is 9.93. The molecule has 2 heterocycles. The van der Waals surface area contributed by atoms with E-state index in [9.17, 15) is 9.59 Å². The highest BCUT2D eigenvalue weighted by atomic mass is 127. The standard InChI is InChI=1S/C18H23FIN4O2/c1-12-13(20)6-7-14(17(12)19)23-15(21-11-22(2)3)10-16(25)24(18(23)26)8-4-5-9-24/h6-7,10-13H,4-5,8-9H2,1-3H3/q+1. The van der Waals surface area contributed by atoms with Gasteiger partial charge in [0.2, 0.25) is 0 Å². The average Bonchev–Trinajstić information content (AvgIpc) is 3.08. The summed E-state index contributed by atoms with van der Waals surface area (Å²) in [6.07, 6.45) is 8.01. The van der Waals surface area contributed by atoms with Crippen molar-refractivity contribution in [3.63, 3.8) is 0 Å². The molecule has 1 saturated heterocycles. The zero-order valence-corrected chi connectivity index (χ0v) is 17.3. The number of hydrogen-bond acceptors (Lipinski definition) is 3. The van der Waals surface area contributed by atoms with Crippen LogP contribution < -0.4 is 0 Å². The van der Waals surface area contributed by atoms with Gasteiger partial charge in [-0.15, -0.1) is 0 Å². The molecule has 3 amide bonds. The summed E-state index contributed by atoms with van der Waals surface area (Å²) in [4.78, 5) is 33.4. The second kappa shape index (κ2) is 7.22. The van der Waals surface area contributed by atoms with E-state index < -0.39 is 6.03 Å². The number of alkyl halides is 1. The van der Waals surface area contributed by atoms with Crippen molar-refractivity contribution in [2.75, 3.05) is 27.2 Å². The van der Waals surface area contributed by atoms with Crippen LogP contribution in [-0.4, -0.2) is 63.7 Å². The van der Waals surface area contributed by atoms with E-state index in [0.29, 0.717) is 13.1 Å². The first kappa shape index (κ1) is 19.2. The lowest BCUT2D eigenvalue weighted by molar-refractivity contribution is -0.761. The molecule has 3 rings (SSSR count). The number of nitrogens with zero attached hydrogens (tertiary/aromatic N) is 4. The Morgan fingerprint density at radius 3 is 2.62 bits per heavy atom. The Balaban J connectivity index is 2.12. The lowest BCUT2D eigenvalue weighted by atomic mass is 9.99. The third kappa shape index (κ3) is 3.13. The summed E-state index contributed by atoms with van der Waals surface area (Å²) in [5.41, 5.74) is 0.189. The van der Waals surface area contributed by atoms with E-state index in [1.807, 2.05) is 6.08 Å². The fourth-order valence-corrected chi connectivity index (χ4v) is 3.97. The molecule has 26 heavy (non-hydrogen) atoms. The maximum Gasteiger partial charge on any atom is 0.437 e. The molecule has 2 aliphatic heterocycles. The van der Waals surface area contributed by atoms with Gasteiger partial charge in [-0.3, -0.25) is 0 Å². The van der Waals surface area contributed by atoms with Crippen molar-refractivity contribution in [2.45, 2.75) is 23.7 Å². The summed E-state index contributed by atoms with van der Waals surface area (Å²) in [5.74, 6) is -0.793. The molecule has 0 radical (unpaired) electrons. The number of carbonyl (C=O) groups is 2. The van der Waals surface area contributed by atoms with Crippen molar-refractivity contribution in [3.05, 3.63) is 35.6 Å². The molecule has 2 atom stereocenters. The lowest BCUT2D eigenvalue weighted by Crippen LogP contribution is -2.61. The van der Waals surface area contributed by atoms with E-state index in [1.165, 1.54) is 17.3 Å². The molecule has 0 aromatic carbocycles. The van der Waals surface area contributed by atoms with Gasteiger partial charge in [-0.1, -0.05) is 35.6 Å². The Bertz CT molecular complexity index is 750. The monoisotopic (exact) mass is 473 g/mol. The largest absolute Gasteiger partial charge is 0.437 e. The highest BCUT2D eigenvalue weighted by Crippen LogP contribution is 2.38. The molecule has 1 spiro atoms. The van der Waals surface area contributed by atoms with Gasteiger partial charge in [0.15, 0.2) is 5.82 Å². The molecule has 0 aromatic heterocycles. The SMILES string of the molecule is CC1C(F)=C(N2C(=O)[N+]3(CCCC3)C(=O)C=C2N=CN(C)C)C=CC1I. The van der Waals surface area contributed by atoms with E-state index in [-0.39, 0.29) is 37.6 Å². The van der Waals surface area contributed by atoms with E-state index in [4.69, 9.17) is 0 Å². The lowest BCUT2D eigenvalue weighted by Gasteiger charge is -2.37. The van der Waals surface area contributed by atoms with Crippen LogP contribution >= 0.6 is 22.6 Å². The van der Waals surface area contributed by atoms with Crippen LogP contribution in [0.1, 0.15) is 19.8 Å². The summed E-state index contributed by atoms with van der Waals surface area (Å²) in [6.45, 7) is 2.71. The van der Waals surface area contributed by atoms with Crippen LogP contribution in [0.3, 0.4) is 0 Å². The molecule has 1 fully saturated rings. The quantitative estimate of drug-likeness (QED) is 0.208. The molecule has 140 valence electrons. The number of aliphatic imine (C=N–C) groups is 1. The van der Waals surface area contributed by atoms with Crippen LogP contribution in [0.2, 0.25) is 0 Å². The number of hydrogen-bond donors (Lipinski definition) is 0. The minimum Gasteiger partial charge on any atom is -0.369 e. The third-order valence-corrected chi connectivity index (χ3v) is 6.51. The predicted octanol–water partition coefficient (Wildman–Crippen LogP) is 3.18. The van der Waals surface area contributed by atoms with Crippen LogP contribution in [0.25, 0.3) is 0 Å². The minimum absolute atomic E-state index is 0.0190. The van der Waals surface area contributed by atoms with Gasteiger partial charge in [-0.2, -0.15) is 4.48 Å². The Hall–Kier alpha value is -1.55. The molecule has 1 aliphatic carbocycles. The van der Waals surface area contributed by atoms with Crippen LogP contribution in [0.4, 0.5) is 9.18 Å². The van der Waals surface area contributed by atoms with Crippen LogP contribution in [-0.2, 0) is 4.79 Å². The molecular weight excluding hydrogens is 450 g/mol. The summed E-state index contributed by atoms with van der Waals surface area (Å²) in [6, 6.07) is -0.408. The van der Waals surface area contributed by atoms with E-state index >= 15 is 4.39 Å². The molecule has 8 heteroatoms. The zero-order valence-electron chi connectivity index (χ0n) is 15.2. The average molecular weight is 473 g/mol. The van der Waals surface area contributed by atoms with Gasteiger partial charge in [0, 0.05) is 36.8 Å². The Morgan fingerprint density at radius 2 is 2.00 bits per heavy atom. The van der Waals surface area contributed by atoms with Gasteiger partial charge in [0.1, 0.15) is 5.83 Å². The van der Waals surface area contributed by atoms with Gasteiger partial charge in [0.05, 0.1) is 31.2 Å². The smallest absolute Gasteiger partial charge is 0.369 e. The highest BCUT2D eigenvalue weighted by Gasteiger charge is 2.54. The maximum absolute atomic E-state index is 15.0. The number of imide groups is 1. The van der Waals surface area contributed by atoms with Crippen molar-refractivity contribution in [1.29, 1.82) is 0 Å². The summed E-state index contributed by atoms with van der Waals surface area (Å²) in [5, 5.41) is 0. The molecule has 0 bridgehead atoms. The minimum atomic E-state index is -0.408. The van der Waals surface area contributed by atoms with Crippen LogP contribution in [0.5, 0.6) is 0 Å². The number of rotatable bonds is 3. The van der Waals surface area contributed by atoms with Crippen molar-refractivity contribution >= 4 is 40.9 Å². The van der Waals surface area contributed by atoms with Crippen molar-refractivity contribution in [3.8, 4) is 0 Å².